The summed E-state index contributed by atoms with van der Waals surface area (Å²) in [6, 6.07) is 10.1. The number of carbonyl (C=O) groups excluding carboxylic acids is 2. The molecule has 0 spiro atoms. The Morgan fingerprint density at radius 3 is 2.61 bits per heavy atom. The number of anilines is 1. The molecule has 1 aromatic heterocycles. The maximum absolute atomic E-state index is 12.8. The second kappa shape index (κ2) is 11.0. The summed E-state index contributed by atoms with van der Waals surface area (Å²) in [4.78, 5) is 29.6. The lowest BCUT2D eigenvalue weighted by atomic mass is 10.0. The zero-order chi connectivity index (χ0) is 24.1. The van der Waals surface area contributed by atoms with Crippen molar-refractivity contribution in [2.45, 2.75) is 38.9 Å². The highest BCUT2D eigenvalue weighted by Gasteiger charge is 2.24. The lowest BCUT2D eigenvalue weighted by Crippen LogP contribution is -2.32. The van der Waals surface area contributed by atoms with E-state index in [1.165, 1.54) is 17.8 Å². The van der Waals surface area contributed by atoms with Crippen LogP contribution in [0.3, 0.4) is 0 Å². The van der Waals surface area contributed by atoms with Crippen molar-refractivity contribution in [2.24, 2.45) is 5.92 Å². The fraction of sp³-hybridized carbons (Fsp3) is 0.304. The second-order valence-electron chi connectivity index (χ2n) is 7.91. The first-order valence-electron chi connectivity index (χ1n) is 10.3. The van der Waals surface area contributed by atoms with Crippen LogP contribution in [0.1, 0.15) is 47.2 Å². The number of halogens is 2. The van der Waals surface area contributed by atoms with Gasteiger partial charge in [-0.25, -0.2) is 4.98 Å². The van der Waals surface area contributed by atoms with Crippen LogP contribution in [0.25, 0.3) is 0 Å². The van der Waals surface area contributed by atoms with Gasteiger partial charge in [-0.2, -0.15) is 0 Å². The molecule has 2 amide bonds. The molecule has 0 saturated carbocycles. The number of hydrogen-bond donors (Lipinski definition) is 3. The average molecular weight is 506 g/mol. The van der Waals surface area contributed by atoms with Crippen LogP contribution < -0.4 is 10.6 Å². The molecule has 2 aromatic carbocycles. The van der Waals surface area contributed by atoms with Gasteiger partial charge >= 0.3 is 0 Å². The van der Waals surface area contributed by atoms with Gasteiger partial charge in [0.05, 0.1) is 22.4 Å². The van der Waals surface area contributed by atoms with Gasteiger partial charge in [-0.3, -0.25) is 14.7 Å². The molecular weight excluding hydrogens is 481 g/mol. The van der Waals surface area contributed by atoms with Crippen molar-refractivity contribution in [3.05, 3.63) is 69.0 Å². The number of aryl methyl sites for hydroxylation is 1. The molecule has 10 heteroatoms. The molecule has 0 saturated heterocycles. The number of amides is 2. The summed E-state index contributed by atoms with van der Waals surface area (Å²) in [6.07, 6.45) is 0. The highest BCUT2D eigenvalue weighted by molar-refractivity contribution is 7.99. The van der Waals surface area contributed by atoms with Crippen molar-refractivity contribution in [1.82, 2.24) is 20.5 Å². The Morgan fingerprint density at radius 2 is 1.91 bits per heavy atom. The second-order valence-corrected chi connectivity index (χ2v) is 9.69. The molecule has 7 nitrogen and oxygen atoms in total. The van der Waals surface area contributed by atoms with E-state index in [1.54, 1.807) is 12.1 Å². The Morgan fingerprint density at radius 1 is 1.15 bits per heavy atom. The minimum absolute atomic E-state index is 0.0263. The van der Waals surface area contributed by atoms with E-state index in [4.69, 9.17) is 23.2 Å². The summed E-state index contributed by atoms with van der Waals surface area (Å²) < 4.78 is 0. The molecule has 0 radical (unpaired) electrons. The molecule has 0 unspecified atom stereocenters. The minimum Gasteiger partial charge on any atom is -0.342 e. The normalized spacial score (nSPS) is 12.0. The van der Waals surface area contributed by atoms with Gasteiger partial charge in [0.15, 0.2) is 0 Å². The average Bonchev–Trinajstić information content (AvgIpc) is 3.22. The summed E-state index contributed by atoms with van der Waals surface area (Å²) in [5, 5.41) is 14.1. The van der Waals surface area contributed by atoms with Crippen molar-refractivity contribution < 1.29 is 9.59 Å². The van der Waals surface area contributed by atoms with Crippen molar-refractivity contribution in [1.29, 1.82) is 0 Å². The number of carbonyl (C=O) groups is 2. The lowest BCUT2D eigenvalue weighted by Gasteiger charge is -2.20. The number of nitrogens with one attached hydrogen (secondary N) is 3. The first-order chi connectivity index (χ1) is 15.7. The van der Waals surface area contributed by atoms with E-state index in [0.717, 1.165) is 16.8 Å². The monoisotopic (exact) mass is 505 g/mol. The van der Waals surface area contributed by atoms with Gasteiger partial charge in [0, 0.05) is 10.7 Å². The Bertz CT molecular complexity index is 1170. The number of benzene rings is 2. The van der Waals surface area contributed by atoms with Crippen LogP contribution in [0.2, 0.25) is 10.0 Å². The molecule has 3 rings (SSSR count). The van der Waals surface area contributed by atoms with Crippen molar-refractivity contribution in [3.63, 3.8) is 0 Å². The SMILES string of the molecule is Cc1cccc(NC(=O)CSc2n[nH]c([C@H](NC(=O)c3ccc(Cl)cc3Cl)C(C)C)n2)c1C. The van der Waals surface area contributed by atoms with Gasteiger partial charge in [0.25, 0.3) is 5.91 Å². The van der Waals surface area contributed by atoms with Crippen molar-refractivity contribution in [2.75, 3.05) is 11.1 Å². The Labute approximate surface area is 207 Å². The largest absolute Gasteiger partial charge is 0.342 e. The van der Waals surface area contributed by atoms with Gasteiger partial charge in [-0.1, -0.05) is 60.9 Å². The van der Waals surface area contributed by atoms with Gasteiger partial charge in [-0.05, 0) is 55.2 Å². The predicted molar refractivity (Wildman–Crippen MR) is 133 cm³/mol. The number of hydrogen-bond acceptors (Lipinski definition) is 5. The summed E-state index contributed by atoms with van der Waals surface area (Å²) in [5.74, 6) is 0.198. The molecule has 0 fully saturated rings. The zero-order valence-electron chi connectivity index (χ0n) is 18.7. The van der Waals surface area contributed by atoms with Gasteiger partial charge in [-0.15, -0.1) is 5.10 Å². The van der Waals surface area contributed by atoms with Crippen molar-refractivity contribution >= 4 is 52.5 Å². The van der Waals surface area contributed by atoms with Crippen LogP contribution in [0.15, 0.2) is 41.6 Å². The van der Waals surface area contributed by atoms with Crippen LogP contribution in [0.4, 0.5) is 5.69 Å². The van der Waals surface area contributed by atoms with Crippen LogP contribution in [0, 0.1) is 19.8 Å². The smallest absolute Gasteiger partial charge is 0.253 e. The maximum Gasteiger partial charge on any atom is 0.253 e. The standard InChI is InChI=1S/C23H25Cl2N5O2S/c1-12(2)20(27-22(32)16-9-8-15(24)10-17(16)25)21-28-23(30-29-21)33-11-19(31)26-18-7-5-6-13(3)14(18)4/h5-10,12,20H,11H2,1-4H3,(H,26,31)(H,27,32)(H,28,29,30)/t20-/m1/s1. The Kier molecular flexibility index (Phi) is 8.40. The van der Waals surface area contributed by atoms with E-state index >= 15 is 0 Å². The minimum atomic E-state index is -0.421. The summed E-state index contributed by atoms with van der Waals surface area (Å²) in [7, 11) is 0. The quantitative estimate of drug-likeness (QED) is 0.346. The van der Waals surface area contributed by atoms with Crippen LogP contribution in [-0.2, 0) is 4.79 Å². The maximum atomic E-state index is 12.8. The van der Waals surface area contributed by atoms with E-state index in [1.807, 2.05) is 45.9 Å². The van der Waals surface area contributed by atoms with Gasteiger partial charge in [0.1, 0.15) is 5.82 Å². The van der Waals surface area contributed by atoms with Gasteiger partial charge in [0.2, 0.25) is 11.1 Å². The third-order valence-corrected chi connectivity index (χ3v) is 6.51. The molecular formula is C23H25Cl2N5O2S. The number of aromatic nitrogens is 3. The van der Waals surface area contributed by atoms with E-state index < -0.39 is 6.04 Å². The molecule has 0 aliphatic rings. The van der Waals surface area contributed by atoms with Crippen LogP contribution in [0.5, 0.6) is 0 Å². The molecule has 0 aliphatic heterocycles. The molecule has 33 heavy (non-hydrogen) atoms. The van der Waals surface area contributed by atoms with E-state index in [9.17, 15) is 9.59 Å². The summed E-state index contributed by atoms with van der Waals surface area (Å²) in [5.41, 5.74) is 3.26. The number of rotatable bonds is 8. The van der Waals surface area contributed by atoms with Crippen molar-refractivity contribution in [3.8, 4) is 0 Å². The van der Waals surface area contributed by atoms with E-state index in [-0.39, 0.29) is 28.5 Å². The van der Waals surface area contributed by atoms with Crippen LogP contribution >= 0.6 is 35.0 Å². The molecule has 3 aromatic rings. The lowest BCUT2D eigenvalue weighted by molar-refractivity contribution is -0.113. The predicted octanol–water partition coefficient (Wildman–Crippen LogP) is 5.59. The molecule has 0 aliphatic carbocycles. The Balaban J connectivity index is 1.63. The third kappa shape index (κ3) is 6.50. The van der Waals surface area contributed by atoms with E-state index in [2.05, 4.69) is 25.8 Å². The highest BCUT2D eigenvalue weighted by atomic mass is 35.5. The molecule has 0 bridgehead atoms. The topological polar surface area (TPSA) is 99.8 Å². The number of thioether (sulfide) groups is 1. The zero-order valence-corrected chi connectivity index (χ0v) is 21.0. The molecule has 1 atom stereocenters. The number of H-pyrrole nitrogens is 1. The first kappa shape index (κ1) is 25.1. The number of nitrogens with zero attached hydrogens (tertiary/aromatic N) is 2. The highest BCUT2D eigenvalue weighted by Crippen LogP contribution is 2.25. The molecule has 1 heterocycles. The fourth-order valence-electron chi connectivity index (χ4n) is 3.11. The first-order valence-corrected chi connectivity index (χ1v) is 12.1. The fourth-order valence-corrected chi connectivity index (χ4v) is 4.21. The van der Waals surface area contributed by atoms with E-state index in [0.29, 0.717) is 21.6 Å². The third-order valence-electron chi connectivity index (χ3n) is 5.12. The summed E-state index contributed by atoms with van der Waals surface area (Å²) >= 11 is 13.3. The summed E-state index contributed by atoms with van der Waals surface area (Å²) in [6.45, 7) is 7.89. The Hall–Kier alpha value is -2.55. The molecule has 174 valence electrons. The van der Waals surface area contributed by atoms with Crippen LogP contribution in [-0.4, -0.2) is 32.7 Å². The molecule has 3 N–H and O–H groups in total. The number of aromatic amines is 1. The van der Waals surface area contributed by atoms with Gasteiger partial charge < -0.3 is 10.6 Å².